The lowest BCUT2D eigenvalue weighted by atomic mass is 10.3. The zero-order chi connectivity index (χ0) is 13.1. The van der Waals surface area contributed by atoms with Gasteiger partial charge in [-0.1, -0.05) is 11.6 Å². The number of aromatic nitrogens is 2. The minimum absolute atomic E-state index is 0. The Bertz CT molecular complexity index is 439. The van der Waals surface area contributed by atoms with Gasteiger partial charge in [0.05, 0.1) is 16.4 Å². The number of rotatable bonds is 2. The number of carbonyl (C=O) groups is 1. The molecule has 19 heavy (non-hydrogen) atoms. The van der Waals surface area contributed by atoms with E-state index in [1.54, 1.807) is 4.68 Å². The maximum atomic E-state index is 12.2. The van der Waals surface area contributed by atoms with Gasteiger partial charge in [-0.15, -0.1) is 12.4 Å². The van der Waals surface area contributed by atoms with Crippen molar-refractivity contribution >= 4 is 29.9 Å². The van der Waals surface area contributed by atoms with Crippen LogP contribution in [-0.2, 0) is 11.3 Å². The Morgan fingerprint density at radius 3 is 2.74 bits per heavy atom. The van der Waals surface area contributed by atoms with Gasteiger partial charge in [0, 0.05) is 19.6 Å². The van der Waals surface area contributed by atoms with E-state index in [2.05, 4.69) is 10.4 Å². The van der Waals surface area contributed by atoms with Crippen molar-refractivity contribution in [1.82, 2.24) is 20.0 Å². The minimum atomic E-state index is 0. The molecule has 1 amide bonds. The van der Waals surface area contributed by atoms with Gasteiger partial charge in [0.2, 0.25) is 5.91 Å². The molecule has 1 aromatic heterocycles. The largest absolute Gasteiger partial charge is 0.340 e. The smallest absolute Gasteiger partial charge is 0.244 e. The first-order valence-electron chi connectivity index (χ1n) is 6.27. The molecule has 2 rings (SSSR count). The van der Waals surface area contributed by atoms with Gasteiger partial charge < -0.3 is 10.2 Å². The van der Waals surface area contributed by atoms with Crippen LogP contribution in [-0.4, -0.2) is 46.8 Å². The molecule has 1 N–H and O–H groups in total. The average Bonchev–Trinajstić information content (AvgIpc) is 2.59. The Hall–Kier alpha value is -0.780. The van der Waals surface area contributed by atoms with Crippen LogP contribution in [0.15, 0.2) is 0 Å². The van der Waals surface area contributed by atoms with Crippen LogP contribution in [0.4, 0.5) is 0 Å². The van der Waals surface area contributed by atoms with Crippen molar-refractivity contribution in [2.75, 3.05) is 26.2 Å². The lowest BCUT2D eigenvalue weighted by molar-refractivity contribution is -0.131. The summed E-state index contributed by atoms with van der Waals surface area (Å²) < 4.78 is 1.69. The first-order chi connectivity index (χ1) is 8.59. The van der Waals surface area contributed by atoms with Crippen molar-refractivity contribution in [3.8, 4) is 0 Å². The number of hydrogen-bond acceptors (Lipinski definition) is 3. The van der Waals surface area contributed by atoms with Crippen LogP contribution >= 0.6 is 24.0 Å². The van der Waals surface area contributed by atoms with E-state index in [4.69, 9.17) is 11.6 Å². The monoisotopic (exact) mass is 306 g/mol. The van der Waals surface area contributed by atoms with Gasteiger partial charge >= 0.3 is 0 Å². The third kappa shape index (κ3) is 3.84. The molecular formula is C12H20Cl2N4O. The summed E-state index contributed by atoms with van der Waals surface area (Å²) in [5.74, 6) is 0.112. The fourth-order valence-electron chi connectivity index (χ4n) is 2.15. The van der Waals surface area contributed by atoms with E-state index >= 15 is 0 Å². The molecular weight excluding hydrogens is 287 g/mol. The quantitative estimate of drug-likeness (QED) is 0.898. The Morgan fingerprint density at radius 1 is 1.37 bits per heavy atom. The standard InChI is InChI=1S/C12H19ClN4O.ClH/c1-9-12(13)10(2)17(15-9)8-11(18)16-6-3-4-14-5-7-16;/h14H,3-8H2,1-2H3;1H. The van der Waals surface area contributed by atoms with Crippen LogP contribution in [0, 0.1) is 13.8 Å². The van der Waals surface area contributed by atoms with Gasteiger partial charge in [-0.2, -0.15) is 5.10 Å². The Kier molecular flexibility index (Phi) is 6.10. The van der Waals surface area contributed by atoms with E-state index in [1.807, 2.05) is 18.7 Å². The summed E-state index contributed by atoms with van der Waals surface area (Å²) in [6, 6.07) is 0. The van der Waals surface area contributed by atoms with Crippen molar-refractivity contribution in [3.05, 3.63) is 16.4 Å². The van der Waals surface area contributed by atoms with E-state index in [0.29, 0.717) is 5.02 Å². The maximum absolute atomic E-state index is 12.2. The molecule has 1 saturated heterocycles. The Balaban J connectivity index is 0.00000180. The molecule has 0 bridgehead atoms. The summed E-state index contributed by atoms with van der Waals surface area (Å²) in [6.07, 6.45) is 1.00. The second kappa shape index (κ2) is 7.12. The number of nitrogens with one attached hydrogen (secondary N) is 1. The molecule has 1 aromatic rings. The molecule has 1 aliphatic heterocycles. The summed E-state index contributed by atoms with van der Waals surface area (Å²) in [4.78, 5) is 14.1. The molecule has 1 fully saturated rings. The number of nitrogens with zero attached hydrogens (tertiary/aromatic N) is 3. The topological polar surface area (TPSA) is 50.2 Å². The van der Waals surface area contributed by atoms with Crippen molar-refractivity contribution in [1.29, 1.82) is 0 Å². The summed E-state index contributed by atoms with van der Waals surface area (Å²) in [6.45, 7) is 7.45. The van der Waals surface area contributed by atoms with Crippen LogP contribution < -0.4 is 5.32 Å². The molecule has 7 heteroatoms. The Labute approximate surface area is 124 Å². The molecule has 2 heterocycles. The van der Waals surface area contributed by atoms with Crippen molar-refractivity contribution < 1.29 is 4.79 Å². The molecule has 0 unspecified atom stereocenters. The Morgan fingerprint density at radius 2 is 2.11 bits per heavy atom. The normalized spacial score (nSPS) is 15.8. The van der Waals surface area contributed by atoms with Gasteiger partial charge in [-0.05, 0) is 26.8 Å². The molecule has 0 saturated carbocycles. The molecule has 0 spiro atoms. The third-order valence-corrected chi connectivity index (χ3v) is 3.82. The van der Waals surface area contributed by atoms with Crippen LogP contribution in [0.25, 0.3) is 0 Å². The van der Waals surface area contributed by atoms with Crippen LogP contribution in [0.5, 0.6) is 0 Å². The first-order valence-corrected chi connectivity index (χ1v) is 6.65. The lowest BCUT2D eigenvalue weighted by Crippen LogP contribution is -2.36. The lowest BCUT2D eigenvalue weighted by Gasteiger charge is -2.20. The second-order valence-corrected chi connectivity index (χ2v) is 5.00. The van der Waals surface area contributed by atoms with Gasteiger partial charge in [-0.25, -0.2) is 0 Å². The van der Waals surface area contributed by atoms with Gasteiger partial charge in [0.15, 0.2) is 0 Å². The molecule has 0 radical (unpaired) electrons. The predicted molar refractivity (Wildman–Crippen MR) is 78.0 cm³/mol. The highest BCUT2D eigenvalue weighted by atomic mass is 35.5. The highest BCUT2D eigenvalue weighted by Gasteiger charge is 2.18. The van der Waals surface area contributed by atoms with Crippen molar-refractivity contribution in [3.63, 3.8) is 0 Å². The number of hydrogen-bond donors (Lipinski definition) is 1. The van der Waals surface area contributed by atoms with E-state index in [1.165, 1.54) is 0 Å². The number of halogens is 2. The summed E-state index contributed by atoms with van der Waals surface area (Å²) in [7, 11) is 0. The summed E-state index contributed by atoms with van der Waals surface area (Å²) >= 11 is 6.08. The molecule has 0 aliphatic carbocycles. The van der Waals surface area contributed by atoms with E-state index in [-0.39, 0.29) is 24.9 Å². The molecule has 0 aromatic carbocycles. The van der Waals surface area contributed by atoms with Gasteiger partial charge in [0.25, 0.3) is 0 Å². The van der Waals surface area contributed by atoms with E-state index in [0.717, 1.165) is 44.0 Å². The highest BCUT2D eigenvalue weighted by molar-refractivity contribution is 6.31. The predicted octanol–water partition coefficient (Wildman–Crippen LogP) is 1.40. The number of aryl methyl sites for hydroxylation is 1. The molecule has 108 valence electrons. The van der Waals surface area contributed by atoms with Gasteiger partial charge in [-0.3, -0.25) is 9.48 Å². The third-order valence-electron chi connectivity index (χ3n) is 3.27. The summed E-state index contributed by atoms with van der Waals surface area (Å²) in [5, 5.41) is 8.23. The molecule has 0 atom stereocenters. The van der Waals surface area contributed by atoms with Crippen LogP contribution in [0.3, 0.4) is 0 Å². The molecule has 1 aliphatic rings. The van der Waals surface area contributed by atoms with E-state index in [9.17, 15) is 4.79 Å². The fourth-order valence-corrected chi connectivity index (χ4v) is 2.29. The number of amides is 1. The van der Waals surface area contributed by atoms with Crippen molar-refractivity contribution in [2.24, 2.45) is 0 Å². The highest BCUT2D eigenvalue weighted by Crippen LogP contribution is 2.18. The van der Waals surface area contributed by atoms with Crippen LogP contribution in [0.1, 0.15) is 17.8 Å². The zero-order valence-corrected chi connectivity index (χ0v) is 12.9. The van der Waals surface area contributed by atoms with Gasteiger partial charge in [0.1, 0.15) is 6.54 Å². The zero-order valence-electron chi connectivity index (χ0n) is 11.3. The van der Waals surface area contributed by atoms with Crippen LogP contribution in [0.2, 0.25) is 5.02 Å². The SMILES string of the molecule is Cc1nn(CC(=O)N2CCCNCC2)c(C)c1Cl.Cl. The molecule has 5 nitrogen and oxygen atoms in total. The average molecular weight is 307 g/mol. The number of carbonyl (C=O) groups excluding carboxylic acids is 1. The second-order valence-electron chi connectivity index (χ2n) is 4.63. The fraction of sp³-hybridized carbons (Fsp3) is 0.667. The first kappa shape index (κ1) is 16.3. The van der Waals surface area contributed by atoms with E-state index < -0.39 is 0 Å². The van der Waals surface area contributed by atoms with Crippen molar-refractivity contribution in [2.45, 2.75) is 26.8 Å². The maximum Gasteiger partial charge on any atom is 0.244 e. The minimum Gasteiger partial charge on any atom is -0.340 e. The summed E-state index contributed by atoms with van der Waals surface area (Å²) in [5.41, 5.74) is 1.63.